The number of nitro benzene ring substituents is 1. The monoisotopic (exact) mass is 441 g/mol. The molecule has 0 fully saturated rings. The third-order valence-electron chi connectivity index (χ3n) is 2.77. The number of halogens is 1. The maximum absolute atomic E-state index is 11.6. The summed E-state index contributed by atoms with van der Waals surface area (Å²) in [4.78, 5) is 21.7. The van der Waals surface area contributed by atoms with Crippen LogP contribution in [0.3, 0.4) is 0 Å². The van der Waals surface area contributed by atoms with Gasteiger partial charge in [-0.1, -0.05) is 6.07 Å². The number of carbonyl (C=O) groups is 1. The Bertz CT molecular complexity index is 794. The number of carbonyl (C=O) groups excluding carboxylic acids is 1. The normalized spacial score (nSPS) is 10.5. The molecule has 0 aliphatic carbocycles. The first kappa shape index (κ1) is 17.7. The van der Waals surface area contributed by atoms with Gasteiger partial charge in [-0.25, -0.2) is 5.43 Å². The molecule has 0 aliphatic rings. The van der Waals surface area contributed by atoms with Crippen LogP contribution in [0, 0.1) is 13.7 Å². The topological polar surface area (TPSA) is 114 Å². The van der Waals surface area contributed by atoms with E-state index in [1.807, 2.05) is 22.6 Å². The second kappa shape index (κ2) is 8.24. The van der Waals surface area contributed by atoms with Crippen LogP contribution in [0.5, 0.6) is 11.5 Å². The lowest BCUT2D eigenvalue weighted by atomic mass is 10.2. The van der Waals surface area contributed by atoms with Gasteiger partial charge in [0.2, 0.25) is 0 Å². The van der Waals surface area contributed by atoms with Crippen molar-refractivity contribution in [2.75, 3.05) is 6.61 Å². The van der Waals surface area contributed by atoms with Crippen molar-refractivity contribution < 1.29 is 19.6 Å². The van der Waals surface area contributed by atoms with Crippen molar-refractivity contribution in [3.63, 3.8) is 0 Å². The molecule has 0 saturated heterocycles. The number of nitrogens with zero attached hydrogens (tertiary/aromatic N) is 2. The number of phenolic OH excluding ortho intramolecular Hbond substituents is 1. The predicted molar refractivity (Wildman–Crippen MR) is 95.2 cm³/mol. The molecule has 0 radical (unpaired) electrons. The van der Waals surface area contributed by atoms with Crippen molar-refractivity contribution in [2.45, 2.75) is 0 Å². The van der Waals surface area contributed by atoms with E-state index in [1.165, 1.54) is 36.5 Å². The van der Waals surface area contributed by atoms with E-state index in [0.29, 0.717) is 9.13 Å². The number of benzene rings is 2. The molecule has 2 rings (SSSR count). The van der Waals surface area contributed by atoms with Crippen molar-refractivity contribution in [1.82, 2.24) is 5.43 Å². The second-order valence-electron chi connectivity index (χ2n) is 4.55. The number of aromatic hydroxyl groups is 1. The molecule has 2 N–H and O–H groups in total. The molecule has 1 amide bonds. The number of nitro groups is 1. The largest absolute Gasteiger partial charge is 0.507 e. The molecule has 0 aliphatic heterocycles. The highest BCUT2D eigenvalue weighted by atomic mass is 127. The highest BCUT2D eigenvalue weighted by Gasteiger charge is 2.07. The number of ether oxygens (including phenoxy) is 1. The molecule has 0 atom stereocenters. The van der Waals surface area contributed by atoms with Crippen molar-refractivity contribution in [1.29, 1.82) is 0 Å². The summed E-state index contributed by atoms with van der Waals surface area (Å²) >= 11 is 1.98. The van der Waals surface area contributed by atoms with Crippen LogP contribution in [0.2, 0.25) is 0 Å². The van der Waals surface area contributed by atoms with Crippen LogP contribution < -0.4 is 10.2 Å². The van der Waals surface area contributed by atoms with Gasteiger partial charge in [0.25, 0.3) is 11.6 Å². The number of non-ortho nitro benzene ring substituents is 1. The molecule has 9 heteroatoms. The van der Waals surface area contributed by atoms with Crippen LogP contribution in [0.4, 0.5) is 5.69 Å². The molecule has 24 heavy (non-hydrogen) atoms. The van der Waals surface area contributed by atoms with Crippen LogP contribution in [0.25, 0.3) is 0 Å². The average molecular weight is 441 g/mol. The zero-order chi connectivity index (χ0) is 17.5. The van der Waals surface area contributed by atoms with Crippen molar-refractivity contribution in [3.8, 4) is 11.5 Å². The Labute approximate surface area is 150 Å². The van der Waals surface area contributed by atoms with Gasteiger partial charge in [0, 0.05) is 6.07 Å². The average Bonchev–Trinajstić information content (AvgIpc) is 2.56. The van der Waals surface area contributed by atoms with Crippen LogP contribution in [0.15, 0.2) is 47.6 Å². The van der Waals surface area contributed by atoms with Gasteiger partial charge < -0.3 is 9.84 Å². The first-order valence-corrected chi connectivity index (χ1v) is 7.71. The van der Waals surface area contributed by atoms with Crippen molar-refractivity contribution in [2.24, 2.45) is 5.10 Å². The van der Waals surface area contributed by atoms with Gasteiger partial charge in [0.1, 0.15) is 11.5 Å². The molecule has 0 spiro atoms. The Balaban J connectivity index is 1.85. The Hall–Kier alpha value is -2.69. The molecule has 0 heterocycles. The van der Waals surface area contributed by atoms with Gasteiger partial charge in [-0.2, -0.15) is 5.10 Å². The minimum Gasteiger partial charge on any atom is -0.507 e. The quantitative estimate of drug-likeness (QED) is 0.310. The number of hydrogen-bond donors (Lipinski definition) is 2. The third kappa shape index (κ3) is 5.19. The first-order chi connectivity index (χ1) is 11.5. The standard InChI is InChI=1S/C15H12IN3O5/c16-13-6-10(4-5-14(13)20)8-17-18-15(21)9-24-12-3-1-2-11(7-12)19(22)23/h1-8,20H,9H2,(H,18,21)/b17-8-. The van der Waals surface area contributed by atoms with Crippen molar-refractivity contribution >= 4 is 40.4 Å². The van der Waals surface area contributed by atoms with Crippen LogP contribution in [0.1, 0.15) is 5.56 Å². The minimum atomic E-state index is -0.545. The predicted octanol–water partition coefficient (Wildman–Crippen LogP) is 2.43. The summed E-state index contributed by atoms with van der Waals surface area (Å²) in [6, 6.07) is 10.4. The van der Waals surface area contributed by atoms with E-state index in [2.05, 4.69) is 10.5 Å². The van der Waals surface area contributed by atoms with Gasteiger partial charge >= 0.3 is 0 Å². The fraction of sp³-hybridized carbons (Fsp3) is 0.0667. The van der Waals surface area contributed by atoms with Gasteiger partial charge in [0.05, 0.1) is 20.8 Å². The van der Waals surface area contributed by atoms with Crippen LogP contribution in [-0.4, -0.2) is 28.8 Å². The highest BCUT2D eigenvalue weighted by molar-refractivity contribution is 14.1. The fourth-order valence-corrected chi connectivity index (χ4v) is 2.19. The van der Waals surface area contributed by atoms with Gasteiger partial charge in [0.15, 0.2) is 6.61 Å². The summed E-state index contributed by atoms with van der Waals surface area (Å²) in [7, 11) is 0. The SMILES string of the molecule is O=C(COc1cccc([N+](=O)[O-])c1)N/N=C\c1ccc(O)c(I)c1. The molecule has 0 aromatic heterocycles. The highest BCUT2D eigenvalue weighted by Crippen LogP contribution is 2.19. The van der Waals surface area contributed by atoms with Crippen LogP contribution in [-0.2, 0) is 4.79 Å². The Kier molecular flexibility index (Phi) is 6.07. The molecule has 0 unspecified atom stereocenters. The molecule has 0 saturated carbocycles. The lowest BCUT2D eigenvalue weighted by molar-refractivity contribution is -0.384. The summed E-state index contributed by atoms with van der Waals surface area (Å²) in [6.45, 7) is -0.328. The molecular formula is C15H12IN3O5. The van der Waals surface area contributed by atoms with E-state index >= 15 is 0 Å². The molecule has 2 aromatic carbocycles. The summed E-state index contributed by atoms with van der Waals surface area (Å²) in [5, 5.41) is 23.8. The molecule has 124 valence electrons. The third-order valence-corrected chi connectivity index (χ3v) is 3.64. The molecule has 2 aromatic rings. The molecule has 0 bridgehead atoms. The molecular weight excluding hydrogens is 429 g/mol. The molecule has 8 nitrogen and oxygen atoms in total. The fourth-order valence-electron chi connectivity index (χ4n) is 1.65. The lowest BCUT2D eigenvalue weighted by Crippen LogP contribution is -2.24. The van der Waals surface area contributed by atoms with Gasteiger partial charge in [-0.3, -0.25) is 14.9 Å². The van der Waals surface area contributed by atoms with Crippen molar-refractivity contribution in [3.05, 3.63) is 61.7 Å². The lowest BCUT2D eigenvalue weighted by Gasteiger charge is -2.04. The van der Waals surface area contributed by atoms with Gasteiger partial charge in [-0.05, 0) is 52.4 Å². The number of nitrogens with one attached hydrogen (secondary N) is 1. The summed E-state index contributed by atoms with van der Waals surface area (Å²) in [5.74, 6) is -0.121. The van der Waals surface area contributed by atoms with E-state index in [9.17, 15) is 20.0 Å². The maximum Gasteiger partial charge on any atom is 0.277 e. The Morgan fingerprint density at radius 3 is 2.88 bits per heavy atom. The van der Waals surface area contributed by atoms with Crippen LogP contribution >= 0.6 is 22.6 Å². The smallest absolute Gasteiger partial charge is 0.277 e. The summed E-state index contributed by atoms with van der Waals surface area (Å²) in [5.41, 5.74) is 2.87. The number of amides is 1. The zero-order valence-electron chi connectivity index (χ0n) is 12.2. The Morgan fingerprint density at radius 2 is 2.17 bits per heavy atom. The van der Waals surface area contributed by atoms with E-state index in [1.54, 1.807) is 12.1 Å². The van der Waals surface area contributed by atoms with Gasteiger partial charge in [-0.15, -0.1) is 0 Å². The second-order valence-corrected chi connectivity index (χ2v) is 5.71. The number of hydrogen-bond acceptors (Lipinski definition) is 6. The number of hydrazone groups is 1. The van der Waals surface area contributed by atoms with E-state index in [4.69, 9.17) is 4.74 Å². The van der Waals surface area contributed by atoms with E-state index in [0.717, 1.165) is 0 Å². The summed E-state index contributed by atoms with van der Waals surface area (Å²) < 4.78 is 5.84. The Morgan fingerprint density at radius 1 is 1.38 bits per heavy atom. The van der Waals surface area contributed by atoms with E-state index in [-0.39, 0.29) is 23.8 Å². The summed E-state index contributed by atoms with van der Waals surface area (Å²) in [6.07, 6.45) is 1.42. The number of rotatable bonds is 6. The first-order valence-electron chi connectivity index (χ1n) is 6.63. The minimum absolute atomic E-state index is 0.118. The van der Waals surface area contributed by atoms with E-state index < -0.39 is 10.8 Å². The maximum atomic E-state index is 11.6. The zero-order valence-corrected chi connectivity index (χ0v) is 14.3. The number of phenols is 1.